The van der Waals surface area contributed by atoms with Gasteiger partial charge in [-0.15, -0.1) is 11.3 Å². The van der Waals surface area contributed by atoms with Crippen molar-refractivity contribution in [3.63, 3.8) is 0 Å². The van der Waals surface area contributed by atoms with Gasteiger partial charge in [0.25, 0.3) is 0 Å². The van der Waals surface area contributed by atoms with E-state index in [4.69, 9.17) is 0 Å². The summed E-state index contributed by atoms with van der Waals surface area (Å²) in [6, 6.07) is 5.79. The molecule has 1 aliphatic rings. The van der Waals surface area contributed by atoms with Crippen molar-refractivity contribution < 1.29 is 9.90 Å². The highest BCUT2D eigenvalue weighted by molar-refractivity contribution is 7.09. The first-order valence-corrected chi connectivity index (χ1v) is 9.06. The van der Waals surface area contributed by atoms with E-state index in [1.54, 1.807) is 29.8 Å². The van der Waals surface area contributed by atoms with Crippen molar-refractivity contribution in [1.82, 2.24) is 15.3 Å². The normalized spacial score (nSPS) is 20.8. The first-order chi connectivity index (χ1) is 11.6. The number of hydrogen-bond donors (Lipinski definition) is 2. The van der Waals surface area contributed by atoms with E-state index >= 15 is 0 Å². The summed E-state index contributed by atoms with van der Waals surface area (Å²) in [5, 5.41) is 15.7. The van der Waals surface area contributed by atoms with Gasteiger partial charge in [-0.05, 0) is 36.8 Å². The van der Waals surface area contributed by atoms with Crippen molar-refractivity contribution in [2.75, 3.05) is 24.5 Å². The molecular weight excluding hydrogens is 324 g/mol. The number of piperidine rings is 1. The van der Waals surface area contributed by atoms with E-state index in [1.807, 2.05) is 22.4 Å². The summed E-state index contributed by atoms with van der Waals surface area (Å²) in [5.41, 5.74) is -0.934. The van der Waals surface area contributed by atoms with Gasteiger partial charge in [-0.2, -0.15) is 0 Å². The van der Waals surface area contributed by atoms with E-state index in [-0.39, 0.29) is 12.5 Å². The summed E-state index contributed by atoms with van der Waals surface area (Å²) in [6.07, 6.45) is 6.10. The quantitative estimate of drug-likeness (QED) is 0.831. The number of rotatable bonds is 6. The molecule has 7 heteroatoms. The van der Waals surface area contributed by atoms with Crippen LogP contribution in [-0.2, 0) is 11.2 Å². The second-order valence-electron chi connectivity index (χ2n) is 6.15. The maximum absolute atomic E-state index is 12.0. The molecule has 0 aliphatic carbocycles. The molecule has 2 aromatic rings. The Hall–Kier alpha value is -1.99. The molecule has 1 aliphatic heterocycles. The van der Waals surface area contributed by atoms with Gasteiger partial charge in [0.1, 0.15) is 0 Å². The van der Waals surface area contributed by atoms with Gasteiger partial charge < -0.3 is 15.3 Å². The monoisotopic (exact) mass is 346 g/mol. The van der Waals surface area contributed by atoms with Crippen molar-refractivity contribution in [1.29, 1.82) is 0 Å². The van der Waals surface area contributed by atoms with Gasteiger partial charge in [-0.25, -0.2) is 9.97 Å². The van der Waals surface area contributed by atoms with Crippen LogP contribution in [0.2, 0.25) is 0 Å². The van der Waals surface area contributed by atoms with E-state index in [0.717, 1.165) is 19.4 Å². The van der Waals surface area contributed by atoms with Gasteiger partial charge in [-0.1, -0.05) is 6.07 Å². The van der Waals surface area contributed by atoms with E-state index < -0.39 is 5.60 Å². The number of carbonyl (C=O) groups is 1. The predicted octanol–water partition coefficient (Wildman–Crippen LogP) is 1.62. The Bertz CT molecular complexity index is 650. The van der Waals surface area contributed by atoms with Gasteiger partial charge in [0.15, 0.2) is 0 Å². The van der Waals surface area contributed by atoms with Crippen molar-refractivity contribution >= 4 is 23.2 Å². The Labute approximate surface area is 145 Å². The van der Waals surface area contributed by atoms with E-state index in [9.17, 15) is 9.90 Å². The van der Waals surface area contributed by atoms with E-state index in [2.05, 4.69) is 15.3 Å². The third-order valence-electron chi connectivity index (χ3n) is 4.18. The lowest BCUT2D eigenvalue weighted by Crippen LogP contribution is -2.54. The Morgan fingerprint density at radius 1 is 1.38 bits per heavy atom. The number of amides is 1. The molecule has 0 spiro atoms. The lowest BCUT2D eigenvalue weighted by atomic mass is 9.93. The topological polar surface area (TPSA) is 78.4 Å². The average molecular weight is 346 g/mol. The van der Waals surface area contributed by atoms with Gasteiger partial charge in [-0.3, -0.25) is 4.79 Å². The molecule has 0 saturated carbocycles. The number of thiophene rings is 1. The number of hydrogen-bond acceptors (Lipinski definition) is 6. The van der Waals surface area contributed by atoms with Crippen LogP contribution in [0.15, 0.2) is 36.0 Å². The van der Waals surface area contributed by atoms with Crippen LogP contribution >= 0.6 is 11.3 Å². The van der Waals surface area contributed by atoms with Crippen molar-refractivity contribution in [2.24, 2.45) is 0 Å². The molecule has 3 rings (SSSR count). The van der Waals surface area contributed by atoms with Gasteiger partial charge in [0.2, 0.25) is 11.9 Å². The highest BCUT2D eigenvalue weighted by atomic mass is 32.1. The summed E-state index contributed by atoms with van der Waals surface area (Å²) in [4.78, 5) is 23.7. The number of aliphatic hydroxyl groups is 1. The molecular formula is C17H22N4O2S. The number of carbonyl (C=O) groups excluding carboxylic acids is 1. The van der Waals surface area contributed by atoms with Crippen molar-refractivity contribution in [3.8, 4) is 0 Å². The number of nitrogens with zero attached hydrogens (tertiary/aromatic N) is 3. The average Bonchev–Trinajstić information content (AvgIpc) is 3.13. The molecule has 2 aromatic heterocycles. The van der Waals surface area contributed by atoms with Crippen molar-refractivity contribution in [3.05, 3.63) is 40.8 Å². The molecule has 128 valence electrons. The Morgan fingerprint density at radius 2 is 2.21 bits per heavy atom. The number of aryl methyl sites for hydroxylation is 1. The van der Waals surface area contributed by atoms with Crippen LogP contribution < -0.4 is 10.2 Å². The van der Waals surface area contributed by atoms with E-state index in [1.165, 1.54) is 4.88 Å². The SMILES string of the molecule is O=C(CCc1cccs1)NCC1(O)CCCN(c2ncccn2)C1. The van der Waals surface area contributed by atoms with Gasteiger partial charge in [0, 0.05) is 36.8 Å². The van der Waals surface area contributed by atoms with Gasteiger partial charge in [0.05, 0.1) is 12.1 Å². The molecule has 3 heterocycles. The number of β-amino-alcohol motifs (C(OH)–C–C–N with tert-alkyl or cyclic N) is 1. The molecule has 1 atom stereocenters. The molecule has 1 saturated heterocycles. The predicted molar refractivity (Wildman–Crippen MR) is 94.1 cm³/mol. The van der Waals surface area contributed by atoms with Crippen LogP contribution in [0.25, 0.3) is 0 Å². The lowest BCUT2D eigenvalue weighted by Gasteiger charge is -2.39. The van der Waals surface area contributed by atoms with Crippen LogP contribution in [0, 0.1) is 0 Å². The minimum atomic E-state index is -0.934. The molecule has 1 fully saturated rings. The highest BCUT2D eigenvalue weighted by Gasteiger charge is 2.34. The fraction of sp³-hybridized carbons (Fsp3) is 0.471. The van der Waals surface area contributed by atoms with Crippen LogP contribution in [0.3, 0.4) is 0 Å². The van der Waals surface area contributed by atoms with Crippen LogP contribution in [-0.4, -0.2) is 46.2 Å². The van der Waals surface area contributed by atoms with E-state index in [0.29, 0.717) is 25.3 Å². The van der Waals surface area contributed by atoms with Crippen LogP contribution in [0.5, 0.6) is 0 Å². The second-order valence-corrected chi connectivity index (χ2v) is 7.19. The molecule has 2 N–H and O–H groups in total. The maximum atomic E-state index is 12.0. The fourth-order valence-corrected chi connectivity index (χ4v) is 3.63. The molecule has 24 heavy (non-hydrogen) atoms. The summed E-state index contributed by atoms with van der Waals surface area (Å²) in [7, 11) is 0. The zero-order valence-corrected chi connectivity index (χ0v) is 14.3. The zero-order valence-electron chi connectivity index (χ0n) is 13.5. The lowest BCUT2D eigenvalue weighted by molar-refractivity contribution is -0.122. The smallest absolute Gasteiger partial charge is 0.225 e. The van der Waals surface area contributed by atoms with Crippen LogP contribution in [0.4, 0.5) is 5.95 Å². The molecule has 0 bridgehead atoms. The highest BCUT2D eigenvalue weighted by Crippen LogP contribution is 2.23. The Balaban J connectivity index is 1.49. The molecule has 0 radical (unpaired) electrons. The Morgan fingerprint density at radius 3 is 2.96 bits per heavy atom. The number of nitrogens with one attached hydrogen (secondary N) is 1. The minimum absolute atomic E-state index is 0.0232. The molecule has 1 unspecified atom stereocenters. The maximum Gasteiger partial charge on any atom is 0.225 e. The second kappa shape index (κ2) is 7.72. The molecule has 0 aromatic carbocycles. The fourth-order valence-electron chi connectivity index (χ4n) is 2.92. The molecule has 6 nitrogen and oxygen atoms in total. The third kappa shape index (κ3) is 4.52. The number of anilines is 1. The Kier molecular flexibility index (Phi) is 5.42. The first kappa shape index (κ1) is 16.9. The summed E-state index contributed by atoms with van der Waals surface area (Å²) >= 11 is 1.66. The number of aromatic nitrogens is 2. The summed E-state index contributed by atoms with van der Waals surface area (Å²) in [5.74, 6) is 0.601. The largest absolute Gasteiger partial charge is 0.386 e. The van der Waals surface area contributed by atoms with Crippen molar-refractivity contribution in [2.45, 2.75) is 31.3 Å². The summed E-state index contributed by atoms with van der Waals surface area (Å²) < 4.78 is 0. The standard InChI is InChI=1S/C17H22N4O2S/c22-15(6-5-14-4-1-11-24-14)20-12-17(23)7-2-10-21(13-17)16-18-8-3-9-19-16/h1,3-4,8-9,11,23H,2,5-7,10,12-13H2,(H,20,22). The first-order valence-electron chi connectivity index (χ1n) is 8.18. The molecule has 1 amide bonds. The van der Waals surface area contributed by atoms with Gasteiger partial charge >= 0.3 is 0 Å². The van der Waals surface area contributed by atoms with Crippen LogP contribution in [0.1, 0.15) is 24.1 Å². The minimum Gasteiger partial charge on any atom is -0.386 e. The third-order valence-corrected chi connectivity index (χ3v) is 5.12. The summed E-state index contributed by atoms with van der Waals surface area (Å²) in [6.45, 7) is 1.51. The zero-order chi connectivity index (χ0) is 16.8.